The summed E-state index contributed by atoms with van der Waals surface area (Å²) in [4.78, 5) is 24.0. The van der Waals surface area contributed by atoms with E-state index in [1.54, 1.807) is 0 Å². The van der Waals surface area contributed by atoms with Crippen molar-refractivity contribution in [3.63, 3.8) is 0 Å². The first kappa shape index (κ1) is 15.7. The fourth-order valence-electron chi connectivity index (χ4n) is 1.98. The molecule has 1 N–H and O–H groups in total. The van der Waals surface area contributed by atoms with E-state index >= 15 is 0 Å². The molecule has 0 aliphatic carbocycles. The van der Waals surface area contributed by atoms with E-state index in [9.17, 15) is 14.9 Å². The summed E-state index contributed by atoms with van der Waals surface area (Å²) in [5.41, 5.74) is 0.538. The van der Waals surface area contributed by atoms with Crippen LogP contribution in [0.5, 0.6) is 0 Å². The van der Waals surface area contributed by atoms with Gasteiger partial charge in [0, 0.05) is 30.9 Å². The summed E-state index contributed by atoms with van der Waals surface area (Å²) >= 11 is 6.62. The summed E-state index contributed by atoms with van der Waals surface area (Å²) < 4.78 is 0.756. The zero-order valence-corrected chi connectivity index (χ0v) is 12.9. The molecule has 1 fully saturated rings. The number of anilines is 1. The number of hydrogen-bond donors (Lipinski definition) is 1. The Morgan fingerprint density at radius 2 is 1.95 bits per heavy atom. The third kappa shape index (κ3) is 4.68. The maximum atomic E-state index is 11.8. The second kappa shape index (κ2) is 7.37. The number of likely N-dealkylation sites (tertiary alicyclic amines) is 1. The quantitative estimate of drug-likeness (QED) is 0.521. The topological polar surface area (TPSA) is 75.5 Å². The van der Waals surface area contributed by atoms with E-state index in [1.165, 1.54) is 36.0 Å². The second-order valence-electron chi connectivity index (χ2n) is 4.60. The van der Waals surface area contributed by atoms with Crippen LogP contribution < -0.4 is 5.32 Å². The molecule has 1 amide bonds. The van der Waals surface area contributed by atoms with Gasteiger partial charge in [0.2, 0.25) is 5.91 Å². The first-order valence-corrected chi connectivity index (χ1v) is 7.91. The average molecular weight is 325 g/mol. The van der Waals surface area contributed by atoms with E-state index in [2.05, 4.69) is 10.2 Å². The highest BCUT2D eigenvalue weighted by Crippen LogP contribution is 2.18. The van der Waals surface area contributed by atoms with E-state index in [0.29, 0.717) is 5.69 Å². The van der Waals surface area contributed by atoms with E-state index in [0.717, 1.165) is 30.3 Å². The molecular formula is C13H15N3O3S2. The maximum absolute atomic E-state index is 11.8. The van der Waals surface area contributed by atoms with Crippen molar-refractivity contribution >= 4 is 45.6 Å². The first-order chi connectivity index (χ1) is 10.1. The first-order valence-electron chi connectivity index (χ1n) is 6.52. The molecule has 21 heavy (non-hydrogen) atoms. The zero-order valence-electron chi connectivity index (χ0n) is 11.3. The Kier molecular flexibility index (Phi) is 5.51. The van der Waals surface area contributed by atoms with Gasteiger partial charge in [-0.05, 0) is 25.0 Å². The number of amides is 1. The van der Waals surface area contributed by atoms with Gasteiger partial charge >= 0.3 is 0 Å². The van der Waals surface area contributed by atoms with Gasteiger partial charge in [0.15, 0.2) is 0 Å². The number of benzene rings is 1. The van der Waals surface area contributed by atoms with Gasteiger partial charge in [-0.15, -0.1) is 0 Å². The molecule has 1 aliphatic rings. The molecule has 8 heteroatoms. The van der Waals surface area contributed by atoms with Gasteiger partial charge in [-0.1, -0.05) is 24.0 Å². The third-order valence-electron chi connectivity index (χ3n) is 3.05. The number of non-ortho nitro benzene ring substituents is 1. The van der Waals surface area contributed by atoms with Crippen molar-refractivity contribution in [2.45, 2.75) is 12.8 Å². The van der Waals surface area contributed by atoms with E-state index < -0.39 is 4.92 Å². The van der Waals surface area contributed by atoms with Crippen molar-refractivity contribution in [1.82, 2.24) is 4.90 Å². The number of rotatable bonds is 4. The number of carbonyl (C=O) groups excluding carboxylic acids is 1. The largest absolute Gasteiger partial charge is 0.358 e. The fraction of sp³-hybridized carbons (Fsp3) is 0.385. The number of carbonyl (C=O) groups is 1. The number of thiocarbonyl (C=S) groups is 1. The van der Waals surface area contributed by atoms with Crippen LogP contribution in [0.3, 0.4) is 0 Å². The van der Waals surface area contributed by atoms with Crippen molar-refractivity contribution in [2.24, 2.45) is 0 Å². The van der Waals surface area contributed by atoms with Gasteiger partial charge < -0.3 is 10.2 Å². The summed E-state index contributed by atoms with van der Waals surface area (Å²) in [5.74, 6) is 0.0715. The number of nitro groups is 1. The minimum Gasteiger partial charge on any atom is -0.358 e. The SMILES string of the molecule is O=C(CSC(=S)N1CCCC1)Nc1ccc([N+](=O)[O-])cc1. The molecule has 0 saturated carbocycles. The summed E-state index contributed by atoms with van der Waals surface area (Å²) in [7, 11) is 0. The van der Waals surface area contributed by atoms with Crippen molar-refractivity contribution in [3.8, 4) is 0 Å². The van der Waals surface area contributed by atoms with Crippen LogP contribution in [0.1, 0.15) is 12.8 Å². The Hall–Kier alpha value is -1.67. The molecule has 1 saturated heterocycles. The predicted octanol–water partition coefficient (Wildman–Crippen LogP) is 2.65. The number of hydrogen-bond acceptors (Lipinski definition) is 5. The van der Waals surface area contributed by atoms with Crippen molar-refractivity contribution in [3.05, 3.63) is 34.4 Å². The minimum absolute atomic E-state index is 0.00224. The molecule has 0 spiro atoms. The third-order valence-corrected chi connectivity index (χ3v) is 4.58. The molecule has 1 aromatic carbocycles. The molecule has 1 aliphatic heterocycles. The molecule has 6 nitrogen and oxygen atoms in total. The molecule has 0 radical (unpaired) electrons. The van der Waals surface area contributed by atoms with Gasteiger partial charge in [0.25, 0.3) is 5.69 Å². The molecule has 0 bridgehead atoms. The fourth-order valence-corrected chi connectivity index (χ4v) is 3.03. The van der Waals surface area contributed by atoms with Crippen LogP contribution in [0.4, 0.5) is 11.4 Å². The van der Waals surface area contributed by atoms with Crippen LogP contribution in [0, 0.1) is 10.1 Å². The highest BCUT2D eigenvalue weighted by atomic mass is 32.2. The van der Waals surface area contributed by atoms with Gasteiger partial charge in [-0.2, -0.15) is 0 Å². The Morgan fingerprint density at radius 1 is 1.33 bits per heavy atom. The van der Waals surface area contributed by atoms with Crippen LogP contribution in [0.15, 0.2) is 24.3 Å². The standard InChI is InChI=1S/C13H15N3O3S2/c17-12(9-21-13(20)15-7-1-2-8-15)14-10-3-5-11(6-4-10)16(18)19/h3-6H,1-2,7-9H2,(H,14,17). The number of nitrogens with one attached hydrogen (secondary N) is 1. The molecule has 0 unspecified atom stereocenters. The van der Waals surface area contributed by atoms with E-state index in [4.69, 9.17) is 12.2 Å². The molecule has 1 heterocycles. The second-order valence-corrected chi connectivity index (χ2v) is 6.21. The summed E-state index contributed by atoms with van der Waals surface area (Å²) in [5, 5.41) is 13.2. The molecule has 112 valence electrons. The zero-order chi connectivity index (χ0) is 15.2. The molecule has 1 aromatic rings. The lowest BCUT2D eigenvalue weighted by Crippen LogP contribution is -2.25. The van der Waals surface area contributed by atoms with Crippen LogP contribution in [0.25, 0.3) is 0 Å². The van der Waals surface area contributed by atoms with Crippen molar-refractivity contribution in [1.29, 1.82) is 0 Å². The monoisotopic (exact) mass is 325 g/mol. The smallest absolute Gasteiger partial charge is 0.269 e. The average Bonchev–Trinajstić information content (AvgIpc) is 2.99. The predicted molar refractivity (Wildman–Crippen MR) is 87.6 cm³/mol. The lowest BCUT2D eigenvalue weighted by Gasteiger charge is -2.17. The van der Waals surface area contributed by atoms with Gasteiger partial charge in [-0.3, -0.25) is 14.9 Å². The highest BCUT2D eigenvalue weighted by Gasteiger charge is 2.16. The van der Waals surface area contributed by atoms with Crippen LogP contribution in [-0.2, 0) is 4.79 Å². The Balaban J connectivity index is 1.78. The normalized spacial score (nSPS) is 14.0. The van der Waals surface area contributed by atoms with Crippen LogP contribution in [0.2, 0.25) is 0 Å². The van der Waals surface area contributed by atoms with Gasteiger partial charge in [0.1, 0.15) is 4.32 Å². The van der Waals surface area contributed by atoms with Crippen LogP contribution in [-0.4, -0.2) is 38.9 Å². The molecule has 2 rings (SSSR count). The molecular weight excluding hydrogens is 310 g/mol. The van der Waals surface area contributed by atoms with Gasteiger partial charge in [0.05, 0.1) is 10.7 Å². The molecule has 0 aromatic heterocycles. The Labute approximate surface area is 132 Å². The van der Waals surface area contributed by atoms with E-state index in [1.807, 2.05) is 0 Å². The summed E-state index contributed by atoms with van der Waals surface area (Å²) in [6.07, 6.45) is 2.30. The Bertz CT molecular complexity index is 542. The summed E-state index contributed by atoms with van der Waals surface area (Å²) in [6, 6.07) is 5.74. The minimum atomic E-state index is -0.476. The summed E-state index contributed by atoms with van der Waals surface area (Å²) in [6.45, 7) is 1.94. The highest BCUT2D eigenvalue weighted by molar-refractivity contribution is 8.23. The van der Waals surface area contributed by atoms with Crippen LogP contribution >= 0.6 is 24.0 Å². The molecule has 0 atom stereocenters. The van der Waals surface area contributed by atoms with Gasteiger partial charge in [-0.25, -0.2) is 0 Å². The van der Waals surface area contributed by atoms with Crippen molar-refractivity contribution < 1.29 is 9.72 Å². The lowest BCUT2D eigenvalue weighted by atomic mass is 10.3. The van der Waals surface area contributed by atoms with E-state index in [-0.39, 0.29) is 17.3 Å². The maximum Gasteiger partial charge on any atom is 0.269 e. The Morgan fingerprint density at radius 3 is 2.52 bits per heavy atom. The van der Waals surface area contributed by atoms with Crippen molar-refractivity contribution in [2.75, 3.05) is 24.2 Å². The number of nitro benzene ring substituents is 1. The number of nitrogens with zero attached hydrogens (tertiary/aromatic N) is 2. The number of thioether (sulfide) groups is 1. The lowest BCUT2D eigenvalue weighted by molar-refractivity contribution is -0.384.